The molecule has 0 atom stereocenters. The Labute approximate surface area is 123 Å². The van der Waals surface area contributed by atoms with Crippen LogP contribution in [0.2, 0.25) is 0 Å². The van der Waals surface area contributed by atoms with E-state index in [1.165, 1.54) is 12.8 Å². The van der Waals surface area contributed by atoms with Gasteiger partial charge in [-0.05, 0) is 51.6 Å². The molecule has 5 heteroatoms. The molecular weight excluding hydrogens is 254 g/mol. The highest BCUT2D eigenvalue weighted by molar-refractivity contribution is 5.74. The van der Waals surface area contributed by atoms with Crippen LogP contribution in [-0.2, 0) is 0 Å². The zero-order valence-electron chi connectivity index (χ0n) is 13.0. The van der Waals surface area contributed by atoms with E-state index in [0.717, 1.165) is 38.8 Å². The number of unbranched alkanes of at least 4 members (excludes halogenated alkanes) is 1. The molecule has 1 aliphatic carbocycles. The topological polar surface area (TPSA) is 64.6 Å². The molecule has 2 amide bonds. The van der Waals surface area contributed by atoms with Crippen LogP contribution in [0.5, 0.6) is 0 Å². The van der Waals surface area contributed by atoms with Crippen LogP contribution in [0.3, 0.4) is 0 Å². The first-order valence-corrected chi connectivity index (χ1v) is 7.99. The van der Waals surface area contributed by atoms with Gasteiger partial charge in [0, 0.05) is 25.7 Å². The van der Waals surface area contributed by atoms with E-state index in [1.54, 1.807) is 0 Å². The fraction of sp³-hybridized carbons (Fsp3) is 0.933. The predicted octanol–water partition coefficient (Wildman–Crippen LogP) is 1.57. The second-order valence-electron chi connectivity index (χ2n) is 5.96. The lowest BCUT2D eigenvalue weighted by Gasteiger charge is -2.28. The predicted molar refractivity (Wildman–Crippen MR) is 81.8 cm³/mol. The Balaban J connectivity index is 2.06. The Morgan fingerprint density at radius 1 is 1.25 bits per heavy atom. The van der Waals surface area contributed by atoms with Gasteiger partial charge in [0.25, 0.3) is 0 Å². The van der Waals surface area contributed by atoms with Crippen molar-refractivity contribution in [2.24, 2.45) is 5.92 Å². The van der Waals surface area contributed by atoms with Crippen LogP contribution in [0.25, 0.3) is 0 Å². The highest BCUT2D eigenvalue weighted by Crippen LogP contribution is 2.23. The molecule has 0 unspecified atom stereocenters. The molecule has 0 aromatic heterocycles. The molecule has 0 spiro atoms. The van der Waals surface area contributed by atoms with Gasteiger partial charge in [-0.15, -0.1) is 0 Å². The molecule has 118 valence electrons. The third kappa shape index (κ3) is 7.10. The van der Waals surface area contributed by atoms with Gasteiger partial charge >= 0.3 is 6.03 Å². The zero-order chi connectivity index (χ0) is 14.8. The summed E-state index contributed by atoms with van der Waals surface area (Å²) in [6.45, 7) is 5.14. The molecule has 1 aliphatic rings. The molecule has 0 saturated heterocycles. The number of nitrogens with one attached hydrogen (secondary N) is 2. The van der Waals surface area contributed by atoms with Crippen LogP contribution in [0, 0.1) is 5.92 Å². The smallest absolute Gasteiger partial charge is 0.315 e. The van der Waals surface area contributed by atoms with Crippen molar-refractivity contribution in [1.82, 2.24) is 15.5 Å². The van der Waals surface area contributed by atoms with Gasteiger partial charge in [0.15, 0.2) is 0 Å². The number of carbonyl (C=O) groups is 1. The Morgan fingerprint density at radius 3 is 2.55 bits per heavy atom. The third-order valence-electron chi connectivity index (χ3n) is 4.11. The molecular formula is C15H31N3O2. The molecule has 5 nitrogen and oxygen atoms in total. The summed E-state index contributed by atoms with van der Waals surface area (Å²) in [4.78, 5) is 14.0. The van der Waals surface area contributed by atoms with E-state index in [2.05, 4.69) is 29.5 Å². The first-order valence-electron chi connectivity index (χ1n) is 7.99. The van der Waals surface area contributed by atoms with Gasteiger partial charge in [-0.3, -0.25) is 0 Å². The maximum absolute atomic E-state index is 11.8. The Hall–Kier alpha value is -0.810. The molecule has 0 aromatic rings. The number of aliphatic hydroxyl groups is 1. The SMILES string of the molecule is CCCCN(C)CCNC(=O)NC1CCC(CO)CC1. The lowest BCUT2D eigenvalue weighted by Crippen LogP contribution is -2.45. The van der Waals surface area contributed by atoms with Gasteiger partial charge in [0.05, 0.1) is 0 Å². The minimum Gasteiger partial charge on any atom is -0.396 e. The van der Waals surface area contributed by atoms with E-state index in [0.29, 0.717) is 12.5 Å². The van der Waals surface area contributed by atoms with Crippen LogP contribution >= 0.6 is 0 Å². The second kappa shape index (κ2) is 10.00. The first kappa shape index (κ1) is 17.2. The quantitative estimate of drug-likeness (QED) is 0.634. The van der Waals surface area contributed by atoms with E-state index in [9.17, 15) is 4.79 Å². The Bertz CT molecular complexity index is 266. The van der Waals surface area contributed by atoms with Gasteiger partial charge in [-0.1, -0.05) is 13.3 Å². The third-order valence-corrected chi connectivity index (χ3v) is 4.11. The summed E-state index contributed by atoms with van der Waals surface area (Å²) in [5, 5.41) is 15.0. The molecule has 0 heterocycles. The Kier molecular flexibility index (Phi) is 8.62. The van der Waals surface area contributed by atoms with Crippen molar-refractivity contribution in [3.8, 4) is 0 Å². The van der Waals surface area contributed by atoms with E-state index in [4.69, 9.17) is 5.11 Å². The van der Waals surface area contributed by atoms with Crippen LogP contribution in [-0.4, -0.2) is 55.4 Å². The second-order valence-corrected chi connectivity index (χ2v) is 5.96. The number of carbonyl (C=O) groups excluding carboxylic acids is 1. The number of nitrogens with zero attached hydrogens (tertiary/aromatic N) is 1. The Morgan fingerprint density at radius 2 is 1.95 bits per heavy atom. The molecule has 3 N–H and O–H groups in total. The van der Waals surface area contributed by atoms with Crippen molar-refractivity contribution in [1.29, 1.82) is 0 Å². The van der Waals surface area contributed by atoms with E-state index < -0.39 is 0 Å². The van der Waals surface area contributed by atoms with E-state index in [-0.39, 0.29) is 18.7 Å². The normalized spacial score (nSPS) is 22.8. The summed E-state index contributed by atoms with van der Waals surface area (Å²) in [6.07, 6.45) is 6.40. The fourth-order valence-corrected chi connectivity index (χ4v) is 2.63. The highest BCUT2D eigenvalue weighted by atomic mass is 16.3. The number of rotatable bonds is 8. The monoisotopic (exact) mass is 285 g/mol. The van der Waals surface area contributed by atoms with Crippen molar-refractivity contribution in [3.05, 3.63) is 0 Å². The minimum atomic E-state index is -0.0543. The number of urea groups is 1. The maximum Gasteiger partial charge on any atom is 0.315 e. The van der Waals surface area contributed by atoms with Gasteiger partial charge in [0.2, 0.25) is 0 Å². The van der Waals surface area contributed by atoms with Crippen molar-refractivity contribution in [2.75, 3.05) is 33.3 Å². The largest absolute Gasteiger partial charge is 0.396 e. The van der Waals surface area contributed by atoms with Crippen molar-refractivity contribution in [3.63, 3.8) is 0 Å². The van der Waals surface area contributed by atoms with Crippen molar-refractivity contribution < 1.29 is 9.90 Å². The van der Waals surface area contributed by atoms with Gasteiger partial charge in [0.1, 0.15) is 0 Å². The van der Waals surface area contributed by atoms with Crippen molar-refractivity contribution >= 4 is 6.03 Å². The standard InChI is InChI=1S/C15H31N3O2/c1-3-4-10-18(2)11-9-16-15(20)17-14-7-5-13(12-19)6-8-14/h13-14,19H,3-12H2,1-2H3,(H2,16,17,20). The summed E-state index contributed by atoms with van der Waals surface area (Å²) in [7, 11) is 2.09. The summed E-state index contributed by atoms with van der Waals surface area (Å²) < 4.78 is 0. The van der Waals surface area contributed by atoms with Gasteiger partial charge < -0.3 is 20.6 Å². The van der Waals surface area contributed by atoms with Crippen LogP contribution in [0.1, 0.15) is 45.4 Å². The van der Waals surface area contributed by atoms with Gasteiger partial charge in [-0.2, -0.15) is 0 Å². The average molecular weight is 285 g/mol. The lowest BCUT2D eigenvalue weighted by atomic mass is 9.87. The summed E-state index contributed by atoms with van der Waals surface area (Å²) in [5.74, 6) is 0.434. The summed E-state index contributed by atoms with van der Waals surface area (Å²) in [5.41, 5.74) is 0. The highest BCUT2D eigenvalue weighted by Gasteiger charge is 2.21. The molecule has 1 saturated carbocycles. The molecule has 1 fully saturated rings. The number of hydrogen-bond donors (Lipinski definition) is 3. The molecule has 0 bridgehead atoms. The van der Waals surface area contributed by atoms with Crippen LogP contribution in [0.15, 0.2) is 0 Å². The minimum absolute atomic E-state index is 0.0543. The molecule has 1 rings (SSSR count). The van der Waals surface area contributed by atoms with E-state index >= 15 is 0 Å². The fourth-order valence-electron chi connectivity index (χ4n) is 2.63. The van der Waals surface area contributed by atoms with Crippen molar-refractivity contribution in [2.45, 2.75) is 51.5 Å². The molecule has 20 heavy (non-hydrogen) atoms. The van der Waals surface area contributed by atoms with E-state index in [1.807, 2.05) is 0 Å². The summed E-state index contributed by atoms with van der Waals surface area (Å²) >= 11 is 0. The number of hydrogen-bond acceptors (Lipinski definition) is 3. The first-order chi connectivity index (χ1) is 9.65. The average Bonchev–Trinajstić information content (AvgIpc) is 2.46. The van der Waals surface area contributed by atoms with Crippen LogP contribution < -0.4 is 10.6 Å². The van der Waals surface area contributed by atoms with Crippen LogP contribution in [0.4, 0.5) is 4.79 Å². The zero-order valence-corrected chi connectivity index (χ0v) is 13.0. The van der Waals surface area contributed by atoms with Gasteiger partial charge in [-0.25, -0.2) is 4.79 Å². The maximum atomic E-state index is 11.8. The lowest BCUT2D eigenvalue weighted by molar-refractivity contribution is 0.174. The molecule has 0 aromatic carbocycles. The summed E-state index contributed by atoms with van der Waals surface area (Å²) in [6, 6.07) is 0.219. The number of amides is 2. The molecule has 0 aliphatic heterocycles. The number of aliphatic hydroxyl groups excluding tert-OH is 1. The number of likely N-dealkylation sites (N-methyl/N-ethyl adjacent to an activating group) is 1. The molecule has 0 radical (unpaired) electrons.